The van der Waals surface area contributed by atoms with E-state index in [-0.39, 0.29) is 11.3 Å². The zero-order valence-electron chi connectivity index (χ0n) is 8.55. The van der Waals surface area contributed by atoms with E-state index in [9.17, 15) is 19.4 Å². The number of rotatable bonds is 4. The maximum atomic E-state index is 13.6. The molecule has 0 aliphatic carbocycles. The lowest BCUT2D eigenvalue weighted by Crippen LogP contribution is -2.34. The lowest BCUT2D eigenvalue weighted by atomic mass is 10.0. The molecule has 0 aliphatic heterocycles. The van der Waals surface area contributed by atoms with Gasteiger partial charge in [-0.15, -0.1) is 0 Å². The van der Waals surface area contributed by atoms with E-state index in [1.54, 1.807) is 0 Å². The number of hydrogen-bond donors (Lipinski definition) is 3. The molecule has 2 unspecified atom stereocenters. The number of methoxy groups -OCH3 is 1. The summed E-state index contributed by atoms with van der Waals surface area (Å²) in [6.45, 7) is 0. The number of carbonyl (C=O) groups is 1. The molecule has 0 spiro atoms. The third kappa shape index (κ3) is 2.29. The van der Waals surface area contributed by atoms with Crippen LogP contribution >= 0.6 is 0 Å². The molecule has 88 valence electrons. The monoisotopic (exact) mass is 229 g/mol. The predicted molar refractivity (Wildman–Crippen MR) is 53.1 cm³/mol. The van der Waals surface area contributed by atoms with Crippen LogP contribution < -0.4 is 10.5 Å². The van der Waals surface area contributed by atoms with Gasteiger partial charge in [-0.2, -0.15) is 0 Å². The highest BCUT2D eigenvalue weighted by molar-refractivity contribution is 5.79. The van der Waals surface area contributed by atoms with Crippen molar-refractivity contribution in [2.45, 2.75) is 12.2 Å². The summed E-state index contributed by atoms with van der Waals surface area (Å²) in [6, 6.07) is 4.01. The molecule has 0 saturated heterocycles. The minimum Gasteiger partial charge on any atom is -0.494 e. The summed E-state index contributed by atoms with van der Waals surface area (Å²) in [5.74, 6) is -2.05. The molecule has 4 N–H and O–H groups in total. The van der Waals surface area contributed by atoms with Gasteiger partial charge in [0.25, 0.3) is 0 Å². The van der Waals surface area contributed by atoms with E-state index < -0.39 is 23.9 Å². The Kier molecular flexibility index (Phi) is 3.81. The average molecular weight is 229 g/mol. The smallest absolute Gasteiger partial charge is 0.249 e. The fraction of sp³-hybridized carbons (Fsp3) is 0.300. The van der Waals surface area contributed by atoms with Crippen molar-refractivity contribution < 1.29 is 24.1 Å². The van der Waals surface area contributed by atoms with Crippen LogP contribution in [0.4, 0.5) is 4.39 Å². The molecule has 2 atom stereocenters. The molecule has 0 saturated carbocycles. The first-order valence-electron chi connectivity index (χ1n) is 4.47. The van der Waals surface area contributed by atoms with E-state index >= 15 is 0 Å². The Morgan fingerprint density at radius 2 is 2.12 bits per heavy atom. The molecule has 1 rings (SSSR count). The van der Waals surface area contributed by atoms with Crippen molar-refractivity contribution in [3.05, 3.63) is 29.6 Å². The second-order valence-corrected chi connectivity index (χ2v) is 3.16. The number of primary amides is 1. The highest BCUT2D eigenvalue weighted by Gasteiger charge is 2.26. The largest absolute Gasteiger partial charge is 0.494 e. The minimum atomic E-state index is -1.86. The molecule has 6 heteroatoms. The zero-order valence-corrected chi connectivity index (χ0v) is 8.55. The Hall–Kier alpha value is -1.66. The number of ether oxygens (including phenoxy) is 1. The lowest BCUT2D eigenvalue weighted by molar-refractivity contribution is -0.132. The van der Waals surface area contributed by atoms with Gasteiger partial charge in [0.05, 0.1) is 7.11 Å². The van der Waals surface area contributed by atoms with Crippen LogP contribution in [-0.2, 0) is 4.79 Å². The van der Waals surface area contributed by atoms with Gasteiger partial charge in [-0.1, -0.05) is 12.1 Å². The quantitative estimate of drug-likeness (QED) is 0.661. The van der Waals surface area contributed by atoms with Crippen LogP contribution in [0.1, 0.15) is 11.7 Å². The summed E-state index contributed by atoms with van der Waals surface area (Å²) in [6.07, 6.45) is -3.57. The highest BCUT2D eigenvalue weighted by Crippen LogP contribution is 2.26. The number of aliphatic hydroxyl groups excluding tert-OH is 2. The van der Waals surface area contributed by atoms with Crippen LogP contribution in [0, 0.1) is 5.82 Å². The van der Waals surface area contributed by atoms with Crippen LogP contribution in [0.15, 0.2) is 18.2 Å². The third-order valence-corrected chi connectivity index (χ3v) is 2.12. The van der Waals surface area contributed by atoms with Crippen LogP contribution in [0.25, 0.3) is 0 Å². The predicted octanol–water partition coefficient (Wildman–Crippen LogP) is -0.286. The molecule has 1 aromatic carbocycles. The second kappa shape index (κ2) is 4.91. The first-order chi connectivity index (χ1) is 7.49. The molecule has 1 amide bonds. The van der Waals surface area contributed by atoms with Gasteiger partial charge in [0.1, 0.15) is 6.10 Å². The van der Waals surface area contributed by atoms with Crippen molar-refractivity contribution in [2.24, 2.45) is 5.73 Å². The first-order valence-corrected chi connectivity index (χ1v) is 4.47. The number of amides is 1. The number of carbonyl (C=O) groups excluding carboxylic acids is 1. The minimum absolute atomic E-state index is 0.0896. The number of hydrogen-bond acceptors (Lipinski definition) is 4. The van der Waals surface area contributed by atoms with Crippen molar-refractivity contribution >= 4 is 5.91 Å². The molecule has 0 bridgehead atoms. The van der Waals surface area contributed by atoms with E-state index in [2.05, 4.69) is 0 Å². The molecular weight excluding hydrogens is 217 g/mol. The van der Waals surface area contributed by atoms with Crippen LogP contribution in [0.3, 0.4) is 0 Å². The topological polar surface area (TPSA) is 92.8 Å². The standard InChI is InChI=1S/C10H12FNO4/c1-16-6-4-2-3-5(7(6)11)8(13)9(14)10(12)15/h2-4,8-9,13-14H,1H3,(H2,12,15). The summed E-state index contributed by atoms with van der Waals surface area (Å²) in [4.78, 5) is 10.6. The Morgan fingerprint density at radius 1 is 1.50 bits per heavy atom. The van der Waals surface area contributed by atoms with Crippen molar-refractivity contribution in [1.82, 2.24) is 0 Å². The van der Waals surface area contributed by atoms with Crippen LogP contribution in [-0.4, -0.2) is 29.3 Å². The number of benzene rings is 1. The van der Waals surface area contributed by atoms with Crippen LogP contribution in [0.5, 0.6) is 5.75 Å². The highest BCUT2D eigenvalue weighted by atomic mass is 19.1. The average Bonchev–Trinajstić information content (AvgIpc) is 2.27. The summed E-state index contributed by atoms with van der Waals surface area (Å²) in [5.41, 5.74) is 4.55. The van der Waals surface area contributed by atoms with Crippen molar-refractivity contribution in [3.8, 4) is 5.75 Å². The van der Waals surface area contributed by atoms with Gasteiger partial charge >= 0.3 is 0 Å². The normalized spacial score (nSPS) is 14.2. The molecule has 0 heterocycles. The fourth-order valence-electron chi connectivity index (χ4n) is 1.24. The summed E-state index contributed by atoms with van der Waals surface area (Å²) < 4.78 is 18.3. The van der Waals surface area contributed by atoms with Gasteiger partial charge < -0.3 is 20.7 Å². The molecule has 0 fully saturated rings. The summed E-state index contributed by atoms with van der Waals surface area (Å²) in [5, 5.41) is 18.7. The maximum Gasteiger partial charge on any atom is 0.249 e. The van der Waals surface area contributed by atoms with Gasteiger partial charge in [0, 0.05) is 5.56 Å². The first kappa shape index (κ1) is 12.4. The Morgan fingerprint density at radius 3 is 2.62 bits per heavy atom. The Bertz CT molecular complexity index is 396. The van der Waals surface area contributed by atoms with Gasteiger partial charge in [-0.25, -0.2) is 4.39 Å². The molecule has 16 heavy (non-hydrogen) atoms. The van der Waals surface area contributed by atoms with E-state index in [1.807, 2.05) is 0 Å². The van der Waals surface area contributed by atoms with Gasteiger partial charge in [-0.3, -0.25) is 4.79 Å². The Labute approximate surface area is 91.3 Å². The van der Waals surface area contributed by atoms with Gasteiger partial charge in [-0.05, 0) is 6.07 Å². The molecule has 0 aromatic heterocycles. The lowest BCUT2D eigenvalue weighted by Gasteiger charge is -2.16. The van der Waals surface area contributed by atoms with Gasteiger partial charge in [0.2, 0.25) is 5.91 Å². The molecule has 1 aromatic rings. The van der Waals surface area contributed by atoms with Crippen LogP contribution in [0.2, 0.25) is 0 Å². The zero-order chi connectivity index (χ0) is 12.3. The van der Waals surface area contributed by atoms with E-state index in [4.69, 9.17) is 10.5 Å². The Balaban J connectivity index is 3.08. The van der Waals surface area contributed by atoms with Gasteiger partial charge in [0.15, 0.2) is 17.7 Å². The number of aliphatic hydroxyl groups is 2. The maximum absolute atomic E-state index is 13.6. The molecule has 0 radical (unpaired) electrons. The number of nitrogens with two attached hydrogens (primary N) is 1. The van der Waals surface area contributed by atoms with Crippen molar-refractivity contribution in [3.63, 3.8) is 0 Å². The van der Waals surface area contributed by atoms with E-state index in [0.717, 1.165) is 0 Å². The summed E-state index contributed by atoms with van der Waals surface area (Å²) in [7, 11) is 1.26. The summed E-state index contributed by atoms with van der Waals surface area (Å²) >= 11 is 0. The SMILES string of the molecule is COc1cccc(C(O)C(O)C(N)=O)c1F. The van der Waals surface area contributed by atoms with Crippen molar-refractivity contribution in [2.75, 3.05) is 7.11 Å². The molecular formula is C10H12FNO4. The van der Waals surface area contributed by atoms with Crippen molar-refractivity contribution in [1.29, 1.82) is 0 Å². The third-order valence-electron chi connectivity index (χ3n) is 2.12. The molecule has 0 aliphatic rings. The van der Waals surface area contributed by atoms with E-state index in [1.165, 1.54) is 25.3 Å². The van der Waals surface area contributed by atoms with E-state index in [0.29, 0.717) is 0 Å². The molecule has 5 nitrogen and oxygen atoms in total. The number of halogens is 1. The fourth-order valence-corrected chi connectivity index (χ4v) is 1.24. The second-order valence-electron chi connectivity index (χ2n) is 3.16.